The second kappa shape index (κ2) is 9.71. The van der Waals surface area contributed by atoms with Gasteiger partial charge in [0.25, 0.3) is 5.56 Å². The maximum atomic E-state index is 13.8. The van der Waals surface area contributed by atoms with Gasteiger partial charge in [-0.1, -0.05) is 67.2 Å². The average molecular weight is 464 g/mol. The van der Waals surface area contributed by atoms with E-state index < -0.39 is 0 Å². The van der Waals surface area contributed by atoms with Crippen molar-refractivity contribution in [3.63, 3.8) is 0 Å². The van der Waals surface area contributed by atoms with E-state index in [9.17, 15) is 9.59 Å². The Labute approximate surface area is 195 Å². The van der Waals surface area contributed by atoms with E-state index in [-0.39, 0.29) is 23.3 Å². The van der Waals surface area contributed by atoms with Gasteiger partial charge in [-0.05, 0) is 37.5 Å². The van der Waals surface area contributed by atoms with Crippen molar-refractivity contribution >= 4 is 39.2 Å². The number of amides is 1. The molecule has 2 heterocycles. The average Bonchev–Trinajstić information content (AvgIpc) is 3.23. The highest BCUT2D eigenvalue weighted by molar-refractivity contribution is 7.99. The number of thiophene rings is 1. The number of rotatable bonds is 7. The summed E-state index contributed by atoms with van der Waals surface area (Å²) in [5.41, 5.74) is 3.51. The Kier molecular flexibility index (Phi) is 6.77. The fourth-order valence-corrected chi connectivity index (χ4v) is 5.28. The molecule has 7 heteroatoms. The summed E-state index contributed by atoms with van der Waals surface area (Å²) in [7, 11) is 0. The first-order valence-electron chi connectivity index (χ1n) is 10.6. The topological polar surface area (TPSA) is 64.0 Å². The van der Waals surface area contributed by atoms with Crippen LogP contribution in [0, 0.1) is 6.92 Å². The number of para-hydroxylation sites is 1. The SMILES string of the molecule is CC[C@H](C)NC(=O)CSc1nc2scc(-c3ccccc3)c2c(=O)n1-c1ccccc1C. The van der Waals surface area contributed by atoms with Crippen LogP contribution in [0.4, 0.5) is 0 Å². The van der Waals surface area contributed by atoms with Gasteiger partial charge in [0.05, 0.1) is 16.8 Å². The second-order valence-electron chi connectivity index (χ2n) is 7.68. The van der Waals surface area contributed by atoms with Crippen molar-refractivity contribution in [2.24, 2.45) is 0 Å². The summed E-state index contributed by atoms with van der Waals surface area (Å²) in [6.07, 6.45) is 0.867. The van der Waals surface area contributed by atoms with E-state index in [1.807, 2.05) is 80.7 Å². The lowest BCUT2D eigenvalue weighted by molar-refractivity contribution is -0.119. The van der Waals surface area contributed by atoms with E-state index in [4.69, 9.17) is 4.98 Å². The Hall–Kier alpha value is -2.90. The zero-order valence-corrected chi connectivity index (χ0v) is 19.9. The van der Waals surface area contributed by atoms with Crippen molar-refractivity contribution < 1.29 is 4.79 Å². The van der Waals surface area contributed by atoms with Crippen LogP contribution in [0.3, 0.4) is 0 Å². The molecule has 4 aromatic rings. The maximum absolute atomic E-state index is 13.8. The van der Waals surface area contributed by atoms with Gasteiger partial charge >= 0.3 is 0 Å². The van der Waals surface area contributed by atoms with Crippen LogP contribution >= 0.6 is 23.1 Å². The van der Waals surface area contributed by atoms with Gasteiger partial charge in [0.2, 0.25) is 5.91 Å². The van der Waals surface area contributed by atoms with Crippen LogP contribution in [-0.2, 0) is 4.79 Å². The quantitative estimate of drug-likeness (QED) is 0.293. The molecule has 5 nitrogen and oxygen atoms in total. The molecule has 164 valence electrons. The van der Waals surface area contributed by atoms with Crippen LogP contribution < -0.4 is 10.9 Å². The molecular formula is C25H25N3O2S2. The molecule has 1 atom stereocenters. The molecule has 0 spiro atoms. The second-order valence-corrected chi connectivity index (χ2v) is 9.48. The lowest BCUT2D eigenvalue weighted by atomic mass is 10.1. The Morgan fingerprint density at radius 1 is 1.16 bits per heavy atom. The van der Waals surface area contributed by atoms with Crippen LogP contribution in [0.5, 0.6) is 0 Å². The van der Waals surface area contributed by atoms with Crippen molar-refractivity contribution in [2.75, 3.05) is 5.75 Å². The van der Waals surface area contributed by atoms with E-state index in [1.54, 1.807) is 4.57 Å². The first-order valence-corrected chi connectivity index (χ1v) is 12.4. The lowest BCUT2D eigenvalue weighted by Crippen LogP contribution is -2.33. The van der Waals surface area contributed by atoms with Crippen LogP contribution in [0.2, 0.25) is 0 Å². The molecule has 0 saturated heterocycles. The molecule has 0 aliphatic heterocycles. The molecule has 2 aromatic heterocycles. The minimum Gasteiger partial charge on any atom is -0.353 e. The van der Waals surface area contributed by atoms with Gasteiger partial charge in [0.1, 0.15) is 4.83 Å². The third kappa shape index (κ3) is 4.49. The number of carbonyl (C=O) groups excluding carboxylic acids is 1. The molecule has 0 radical (unpaired) electrons. The van der Waals surface area contributed by atoms with Gasteiger partial charge in [-0.2, -0.15) is 0 Å². The number of hydrogen-bond acceptors (Lipinski definition) is 5. The van der Waals surface area contributed by atoms with E-state index in [0.29, 0.717) is 15.4 Å². The zero-order valence-electron chi connectivity index (χ0n) is 18.3. The molecule has 0 unspecified atom stereocenters. The predicted octanol–water partition coefficient (Wildman–Crippen LogP) is 5.43. The van der Waals surface area contributed by atoms with Crippen LogP contribution in [0.1, 0.15) is 25.8 Å². The number of thioether (sulfide) groups is 1. The molecule has 0 fully saturated rings. The Bertz CT molecular complexity index is 1310. The minimum absolute atomic E-state index is 0.0637. The largest absolute Gasteiger partial charge is 0.353 e. The molecule has 0 saturated carbocycles. The van der Waals surface area contributed by atoms with Gasteiger partial charge < -0.3 is 5.32 Å². The van der Waals surface area contributed by atoms with Crippen molar-refractivity contribution in [3.05, 3.63) is 75.9 Å². The van der Waals surface area contributed by atoms with E-state index in [0.717, 1.165) is 28.8 Å². The number of aromatic nitrogens is 2. The lowest BCUT2D eigenvalue weighted by Gasteiger charge is -2.15. The summed E-state index contributed by atoms with van der Waals surface area (Å²) in [5.74, 6) is 0.136. The third-order valence-electron chi connectivity index (χ3n) is 5.37. The van der Waals surface area contributed by atoms with Crippen molar-refractivity contribution in [1.82, 2.24) is 14.9 Å². The first-order chi connectivity index (χ1) is 15.5. The monoisotopic (exact) mass is 463 g/mol. The van der Waals surface area contributed by atoms with E-state index in [2.05, 4.69) is 5.32 Å². The van der Waals surface area contributed by atoms with Crippen molar-refractivity contribution in [2.45, 2.75) is 38.4 Å². The number of fused-ring (bicyclic) bond motifs is 1. The normalized spacial score (nSPS) is 12.1. The molecule has 32 heavy (non-hydrogen) atoms. The van der Waals surface area contributed by atoms with Gasteiger partial charge in [0, 0.05) is 17.0 Å². The summed E-state index contributed by atoms with van der Waals surface area (Å²) in [6.45, 7) is 5.99. The minimum atomic E-state index is -0.116. The van der Waals surface area contributed by atoms with Crippen molar-refractivity contribution in [3.8, 4) is 16.8 Å². The number of benzene rings is 2. The number of nitrogens with one attached hydrogen (secondary N) is 1. The molecule has 0 aliphatic carbocycles. The Morgan fingerprint density at radius 3 is 2.59 bits per heavy atom. The van der Waals surface area contributed by atoms with E-state index >= 15 is 0 Å². The Balaban J connectivity index is 1.84. The van der Waals surface area contributed by atoms with Gasteiger partial charge in [-0.15, -0.1) is 11.3 Å². The summed E-state index contributed by atoms with van der Waals surface area (Å²) in [4.78, 5) is 31.8. The van der Waals surface area contributed by atoms with Crippen molar-refractivity contribution in [1.29, 1.82) is 0 Å². The molecule has 0 bridgehead atoms. The summed E-state index contributed by atoms with van der Waals surface area (Å²) < 4.78 is 1.65. The standard InChI is InChI=1S/C25H25N3O2S2/c1-4-17(3)26-21(29)15-32-25-27-23-22(19(14-31-23)18-11-6-5-7-12-18)24(30)28(25)20-13-9-8-10-16(20)2/h5-14,17H,4,15H2,1-3H3,(H,26,29)/t17-/m0/s1. The summed E-state index contributed by atoms with van der Waals surface area (Å²) in [6, 6.07) is 17.8. The first kappa shape index (κ1) is 22.3. The third-order valence-corrected chi connectivity index (χ3v) is 7.18. The van der Waals surface area contributed by atoms with Crippen LogP contribution in [-0.4, -0.2) is 27.3 Å². The molecule has 4 rings (SSSR count). The summed E-state index contributed by atoms with van der Waals surface area (Å²) in [5, 5.41) is 6.10. The fraction of sp³-hybridized carbons (Fsp3) is 0.240. The van der Waals surface area contributed by atoms with Gasteiger partial charge in [-0.3, -0.25) is 14.2 Å². The van der Waals surface area contributed by atoms with Crippen LogP contribution in [0.15, 0.2) is 69.9 Å². The number of aryl methyl sites for hydroxylation is 1. The molecule has 1 amide bonds. The maximum Gasteiger partial charge on any atom is 0.268 e. The van der Waals surface area contributed by atoms with Gasteiger partial charge in [-0.25, -0.2) is 4.98 Å². The van der Waals surface area contributed by atoms with Gasteiger partial charge in [0.15, 0.2) is 5.16 Å². The zero-order chi connectivity index (χ0) is 22.7. The molecule has 1 N–H and O–H groups in total. The number of hydrogen-bond donors (Lipinski definition) is 1. The highest BCUT2D eigenvalue weighted by Gasteiger charge is 2.20. The highest BCUT2D eigenvalue weighted by atomic mass is 32.2. The molecular weight excluding hydrogens is 438 g/mol. The number of nitrogens with zero attached hydrogens (tertiary/aromatic N) is 2. The Morgan fingerprint density at radius 2 is 1.88 bits per heavy atom. The highest BCUT2D eigenvalue weighted by Crippen LogP contribution is 2.33. The van der Waals surface area contributed by atoms with Crippen LogP contribution in [0.25, 0.3) is 27.0 Å². The fourth-order valence-electron chi connectivity index (χ4n) is 3.47. The number of carbonyl (C=O) groups is 1. The summed E-state index contributed by atoms with van der Waals surface area (Å²) >= 11 is 2.75. The van der Waals surface area contributed by atoms with E-state index in [1.165, 1.54) is 23.1 Å². The smallest absolute Gasteiger partial charge is 0.268 e. The predicted molar refractivity (Wildman–Crippen MR) is 134 cm³/mol. The molecule has 0 aliphatic rings. The molecule has 2 aromatic carbocycles.